The Morgan fingerprint density at radius 3 is 2.80 bits per heavy atom. The molecule has 2 aromatic carbocycles. The maximum Gasteiger partial charge on any atom is 0.265 e. The zero-order chi connectivity index (χ0) is 14.5. The third kappa shape index (κ3) is 3.29. The second-order valence-electron chi connectivity index (χ2n) is 4.33. The number of nitrogens with one attached hydrogen (secondary N) is 1. The van der Waals surface area contributed by atoms with E-state index in [0.29, 0.717) is 16.3 Å². The van der Waals surface area contributed by atoms with Crippen molar-refractivity contribution in [3.63, 3.8) is 0 Å². The van der Waals surface area contributed by atoms with Gasteiger partial charge in [-0.3, -0.25) is 10.2 Å². The van der Waals surface area contributed by atoms with Crippen molar-refractivity contribution in [1.82, 2.24) is 5.43 Å². The van der Waals surface area contributed by atoms with Gasteiger partial charge in [-0.25, -0.2) is 5.84 Å². The summed E-state index contributed by atoms with van der Waals surface area (Å²) in [6.45, 7) is 2.20. The molecule has 0 bridgehead atoms. The zero-order valence-corrected chi connectivity index (χ0v) is 11.8. The molecule has 0 fully saturated rings. The zero-order valence-electron chi connectivity index (χ0n) is 11.0. The number of hydrogen-bond donors (Lipinski definition) is 2. The van der Waals surface area contributed by atoms with Gasteiger partial charge in [-0.05, 0) is 30.7 Å². The lowest BCUT2D eigenvalue weighted by atomic mass is 10.1. The Bertz CT molecular complexity index is 629. The average Bonchev–Trinajstić information content (AvgIpc) is 2.47. The highest BCUT2D eigenvalue weighted by atomic mass is 35.5. The first kappa shape index (κ1) is 14.4. The largest absolute Gasteiger partial charge is 0.489 e. The average molecular weight is 291 g/mol. The van der Waals surface area contributed by atoms with E-state index < -0.39 is 0 Å². The van der Waals surface area contributed by atoms with Crippen molar-refractivity contribution in [2.24, 2.45) is 5.84 Å². The molecular weight excluding hydrogens is 276 g/mol. The minimum Gasteiger partial charge on any atom is -0.489 e. The molecule has 104 valence electrons. The lowest BCUT2D eigenvalue weighted by molar-refractivity contribution is 0.0951. The number of hydrazine groups is 1. The Morgan fingerprint density at radius 2 is 2.05 bits per heavy atom. The van der Waals surface area contributed by atoms with Gasteiger partial charge in [-0.1, -0.05) is 35.9 Å². The molecule has 0 spiro atoms. The van der Waals surface area contributed by atoms with Crippen molar-refractivity contribution in [3.05, 3.63) is 64.2 Å². The lowest BCUT2D eigenvalue weighted by Gasteiger charge is -2.12. The molecule has 4 nitrogen and oxygen atoms in total. The molecule has 0 atom stereocenters. The minimum absolute atomic E-state index is 0.269. The van der Waals surface area contributed by atoms with Gasteiger partial charge in [0.25, 0.3) is 5.91 Å². The summed E-state index contributed by atoms with van der Waals surface area (Å²) >= 11 is 5.94. The van der Waals surface area contributed by atoms with Crippen LogP contribution in [-0.2, 0) is 6.61 Å². The molecule has 20 heavy (non-hydrogen) atoms. The van der Waals surface area contributed by atoms with E-state index in [1.165, 1.54) is 0 Å². The molecule has 0 aromatic heterocycles. The molecule has 0 heterocycles. The highest BCUT2D eigenvalue weighted by Crippen LogP contribution is 2.24. The van der Waals surface area contributed by atoms with E-state index >= 15 is 0 Å². The van der Waals surface area contributed by atoms with E-state index in [9.17, 15) is 4.79 Å². The Balaban J connectivity index is 2.19. The van der Waals surface area contributed by atoms with Crippen molar-refractivity contribution < 1.29 is 9.53 Å². The topological polar surface area (TPSA) is 64.3 Å². The number of hydrogen-bond acceptors (Lipinski definition) is 3. The fourth-order valence-electron chi connectivity index (χ4n) is 1.83. The third-order valence-corrected chi connectivity index (χ3v) is 3.16. The summed E-state index contributed by atoms with van der Waals surface area (Å²) in [6.07, 6.45) is 0. The standard InChI is InChI=1S/C15H15ClN2O2/c1-10-6-7-12(16)8-14(10)20-9-11-4-2-3-5-13(11)15(19)18-17/h2-8H,9,17H2,1H3,(H,18,19). The first-order valence-corrected chi connectivity index (χ1v) is 6.47. The van der Waals surface area contributed by atoms with Crippen LogP contribution in [0.3, 0.4) is 0 Å². The molecule has 0 aliphatic heterocycles. The van der Waals surface area contributed by atoms with Crippen LogP contribution in [0.1, 0.15) is 21.5 Å². The van der Waals surface area contributed by atoms with E-state index in [0.717, 1.165) is 11.1 Å². The van der Waals surface area contributed by atoms with Gasteiger partial charge in [-0.15, -0.1) is 0 Å². The molecule has 5 heteroatoms. The number of rotatable bonds is 4. The number of carbonyl (C=O) groups excluding carboxylic acids is 1. The molecular formula is C15H15ClN2O2. The summed E-state index contributed by atoms with van der Waals surface area (Å²) in [4.78, 5) is 11.7. The Kier molecular flexibility index (Phi) is 4.61. The van der Waals surface area contributed by atoms with Crippen molar-refractivity contribution in [2.45, 2.75) is 13.5 Å². The number of ether oxygens (including phenoxy) is 1. The van der Waals surface area contributed by atoms with E-state index in [4.69, 9.17) is 22.2 Å². The summed E-state index contributed by atoms with van der Waals surface area (Å²) in [5.41, 5.74) is 4.36. The first-order chi connectivity index (χ1) is 9.61. The van der Waals surface area contributed by atoms with Crippen LogP contribution >= 0.6 is 11.6 Å². The molecule has 0 aliphatic rings. The number of nitrogens with two attached hydrogens (primary N) is 1. The van der Waals surface area contributed by atoms with Crippen LogP contribution in [-0.4, -0.2) is 5.91 Å². The minimum atomic E-state index is -0.341. The Morgan fingerprint density at radius 1 is 1.30 bits per heavy atom. The van der Waals surface area contributed by atoms with Crippen LogP contribution < -0.4 is 16.0 Å². The van der Waals surface area contributed by atoms with Crippen molar-refractivity contribution in [3.8, 4) is 5.75 Å². The molecule has 3 N–H and O–H groups in total. The van der Waals surface area contributed by atoms with Gasteiger partial charge in [0.2, 0.25) is 0 Å². The van der Waals surface area contributed by atoms with Crippen LogP contribution in [0.2, 0.25) is 5.02 Å². The molecule has 1 amide bonds. The quantitative estimate of drug-likeness (QED) is 0.517. The van der Waals surface area contributed by atoms with Crippen LogP contribution in [0.25, 0.3) is 0 Å². The maximum absolute atomic E-state index is 11.7. The van der Waals surface area contributed by atoms with Crippen molar-refractivity contribution in [1.29, 1.82) is 0 Å². The summed E-state index contributed by atoms with van der Waals surface area (Å²) in [6, 6.07) is 12.6. The monoisotopic (exact) mass is 290 g/mol. The second kappa shape index (κ2) is 6.41. The van der Waals surface area contributed by atoms with Gasteiger partial charge in [0, 0.05) is 16.1 Å². The highest BCUT2D eigenvalue weighted by molar-refractivity contribution is 6.30. The summed E-state index contributed by atoms with van der Waals surface area (Å²) in [5, 5.41) is 0.610. The van der Waals surface area contributed by atoms with Crippen molar-refractivity contribution >= 4 is 17.5 Å². The summed E-state index contributed by atoms with van der Waals surface area (Å²) in [7, 11) is 0. The first-order valence-electron chi connectivity index (χ1n) is 6.09. The number of halogens is 1. The number of carbonyl (C=O) groups is 1. The molecule has 2 rings (SSSR count). The van der Waals surface area contributed by atoms with Crippen molar-refractivity contribution in [2.75, 3.05) is 0 Å². The van der Waals surface area contributed by atoms with Crippen LogP contribution in [0.4, 0.5) is 0 Å². The fourth-order valence-corrected chi connectivity index (χ4v) is 1.99. The molecule has 0 aliphatic carbocycles. The van der Waals surface area contributed by atoms with Gasteiger partial charge in [0.1, 0.15) is 12.4 Å². The van der Waals surface area contributed by atoms with Crippen LogP contribution in [0.15, 0.2) is 42.5 Å². The molecule has 0 saturated heterocycles. The van der Waals surface area contributed by atoms with Crippen LogP contribution in [0, 0.1) is 6.92 Å². The number of aryl methyl sites for hydroxylation is 1. The molecule has 0 unspecified atom stereocenters. The van der Waals surface area contributed by atoms with E-state index in [1.54, 1.807) is 24.3 Å². The van der Waals surface area contributed by atoms with E-state index in [-0.39, 0.29) is 12.5 Å². The van der Waals surface area contributed by atoms with Gasteiger partial charge in [0.15, 0.2) is 0 Å². The molecule has 0 saturated carbocycles. The Hall–Kier alpha value is -2.04. The SMILES string of the molecule is Cc1ccc(Cl)cc1OCc1ccccc1C(=O)NN. The lowest BCUT2D eigenvalue weighted by Crippen LogP contribution is -2.30. The second-order valence-corrected chi connectivity index (χ2v) is 4.77. The summed E-state index contributed by atoms with van der Waals surface area (Å²) in [5.74, 6) is 5.52. The highest BCUT2D eigenvalue weighted by Gasteiger charge is 2.10. The predicted octanol–water partition coefficient (Wildman–Crippen LogP) is 2.83. The van der Waals surface area contributed by atoms with Gasteiger partial charge < -0.3 is 4.74 Å². The van der Waals surface area contributed by atoms with Gasteiger partial charge in [-0.2, -0.15) is 0 Å². The predicted molar refractivity (Wildman–Crippen MR) is 78.6 cm³/mol. The van der Waals surface area contributed by atoms with Crippen LogP contribution in [0.5, 0.6) is 5.75 Å². The number of benzene rings is 2. The normalized spacial score (nSPS) is 10.2. The summed E-state index contributed by atoms with van der Waals surface area (Å²) < 4.78 is 5.73. The smallest absolute Gasteiger partial charge is 0.265 e. The van der Waals surface area contributed by atoms with E-state index in [1.807, 2.05) is 25.1 Å². The Labute approximate surface area is 122 Å². The third-order valence-electron chi connectivity index (χ3n) is 2.93. The fraction of sp³-hybridized carbons (Fsp3) is 0.133. The number of amides is 1. The van der Waals surface area contributed by atoms with Gasteiger partial charge in [0.05, 0.1) is 0 Å². The van der Waals surface area contributed by atoms with Gasteiger partial charge >= 0.3 is 0 Å². The number of nitrogen functional groups attached to an aromatic ring is 1. The van der Waals surface area contributed by atoms with E-state index in [2.05, 4.69) is 5.43 Å². The molecule has 0 radical (unpaired) electrons. The maximum atomic E-state index is 11.7. The molecule has 2 aromatic rings.